The number of carbonyl (C=O) groups excluding carboxylic acids is 2. The number of urea groups is 1. The van der Waals surface area contributed by atoms with Crippen molar-refractivity contribution in [1.29, 1.82) is 0 Å². The maximum absolute atomic E-state index is 12.3. The zero-order valence-corrected chi connectivity index (χ0v) is 13.4. The Bertz CT molecular complexity index is 486. The highest BCUT2D eigenvalue weighted by atomic mass is 16.2. The molecule has 22 heavy (non-hydrogen) atoms. The molecule has 7 nitrogen and oxygen atoms in total. The van der Waals surface area contributed by atoms with Crippen LogP contribution >= 0.6 is 0 Å². The van der Waals surface area contributed by atoms with Crippen LogP contribution in [0.15, 0.2) is 4.99 Å². The smallest absolute Gasteiger partial charge is 0.325 e. The van der Waals surface area contributed by atoms with Gasteiger partial charge in [0.05, 0.1) is 0 Å². The molecule has 122 valence electrons. The molecule has 3 amide bonds. The molecule has 0 aliphatic carbocycles. The highest BCUT2D eigenvalue weighted by Gasteiger charge is 2.49. The number of hydrogen-bond donors (Lipinski definition) is 1. The molecule has 0 radical (unpaired) electrons. The molecular formula is C15H25N5O2. The highest BCUT2D eigenvalue weighted by Crippen LogP contribution is 2.27. The molecule has 0 spiro atoms. The number of likely N-dealkylation sites (N-methyl/N-ethyl adjacent to an activating group) is 1. The van der Waals surface area contributed by atoms with E-state index in [2.05, 4.69) is 22.0 Å². The van der Waals surface area contributed by atoms with Crippen molar-refractivity contribution in [3.05, 3.63) is 0 Å². The highest BCUT2D eigenvalue weighted by molar-refractivity contribution is 6.03. The molecule has 7 heteroatoms. The topological polar surface area (TPSA) is 68.2 Å². The molecule has 1 N–H and O–H groups in total. The van der Waals surface area contributed by atoms with Crippen LogP contribution in [-0.2, 0) is 4.79 Å². The van der Waals surface area contributed by atoms with Crippen LogP contribution in [0.5, 0.6) is 0 Å². The van der Waals surface area contributed by atoms with Crippen LogP contribution in [0.3, 0.4) is 0 Å². The fourth-order valence-corrected chi connectivity index (χ4v) is 3.46. The minimum atomic E-state index is -0.390. The summed E-state index contributed by atoms with van der Waals surface area (Å²) in [6.45, 7) is 4.96. The Labute approximate surface area is 131 Å². The number of guanidine groups is 1. The van der Waals surface area contributed by atoms with Gasteiger partial charge < -0.3 is 14.7 Å². The second-order valence-electron chi connectivity index (χ2n) is 6.29. The third-order valence-corrected chi connectivity index (χ3v) is 4.73. The zero-order chi connectivity index (χ0) is 15.7. The van der Waals surface area contributed by atoms with Crippen LogP contribution in [0, 0.1) is 0 Å². The predicted octanol–water partition coefficient (Wildman–Crippen LogP) is 0.820. The van der Waals surface area contributed by atoms with Crippen LogP contribution < -0.4 is 5.32 Å². The van der Waals surface area contributed by atoms with Crippen molar-refractivity contribution < 1.29 is 9.59 Å². The Balaban J connectivity index is 1.84. The number of nitrogens with one attached hydrogen (secondary N) is 1. The number of hydrogen-bond acceptors (Lipinski definition) is 5. The fourth-order valence-electron chi connectivity index (χ4n) is 3.46. The first-order valence-electron chi connectivity index (χ1n) is 8.30. The third-order valence-electron chi connectivity index (χ3n) is 4.73. The average Bonchev–Trinajstić information content (AvgIpc) is 3.12. The Morgan fingerprint density at radius 2 is 1.95 bits per heavy atom. The zero-order valence-electron chi connectivity index (χ0n) is 13.4. The number of nitrogens with zero attached hydrogens (tertiary/aromatic N) is 4. The molecule has 2 atom stereocenters. The van der Waals surface area contributed by atoms with E-state index in [1.165, 1.54) is 0 Å². The maximum Gasteiger partial charge on any atom is 0.325 e. The summed E-state index contributed by atoms with van der Waals surface area (Å²) in [7, 11) is 1.71. The van der Waals surface area contributed by atoms with Crippen molar-refractivity contribution in [3.63, 3.8) is 0 Å². The van der Waals surface area contributed by atoms with Gasteiger partial charge >= 0.3 is 6.03 Å². The molecule has 0 saturated carbocycles. The van der Waals surface area contributed by atoms with Crippen molar-refractivity contribution in [2.45, 2.75) is 51.2 Å². The molecule has 3 heterocycles. The lowest BCUT2D eigenvalue weighted by molar-refractivity contribution is -0.127. The van der Waals surface area contributed by atoms with Crippen LogP contribution in [0.1, 0.15) is 39.0 Å². The molecule has 0 aromatic heterocycles. The molecule has 3 rings (SSSR count). The summed E-state index contributed by atoms with van der Waals surface area (Å²) in [5.41, 5.74) is 0. The molecule has 0 bridgehead atoms. The van der Waals surface area contributed by atoms with E-state index in [1.54, 1.807) is 11.9 Å². The summed E-state index contributed by atoms with van der Waals surface area (Å²) in [6.07, 6.45) is 5.26. The lowest BCUT2D eigenvalue weighted by Gasteiger charge is -2.37. The first-order chi connectivity index (χ1) is 10.6. The Hall–Kier alpha value is -1.79. The first kappa shape index (κ1) is 15.1. The third kappa shape index (κ3) is 2.53. The van der Waals surface area contributed by atoms with Crippen molar-refractivity contribution in [1.82, 2.24) is 20.0 Å². The van der Waals surface area contributed by atoms with Gasteiger partial charge in [0.1, 0.15) is 0 Å². The fraction of sp³-hybridized carbons (Fsp3) is 0.800. The maximum atomic E-state index is 12.3. The minimum Gasteiger partial charge on any atom is -0.343 e. The van der Waals surface area contributed by atoms with E-state index in [9.17, 15) is 9.59 Å². The van der Waals surface area contributed by atoms with Crippen molar-refractivity contribution in [2.24, 2.45) is 4.99 Å². The number of fused-ring (bicyclic) bond motifs is 1. The molecule has 2 saturated heterocycles. The van der Waals surface area contributed by atoms with Gasteiger partial charge in [-0.05, 0) is 19.3 Å². The molecule has 2 fully saturated rings. The van der Waals surface area contributed by atoms with Gasteiger partial charge in [0.15, 0.2) is 18.2 Å². The van der Waals surface area contributed by atoms with Crippen LogP contribution in [0.25, 0.3) is 0 Å². The second kappa shape index (κ2) is 6.14. The molecule has 3 aliphatic rings. The van der Waals surface area contributed by atoms with Crippen LogP contribution in [0.4, 0.5) is 4.79 Å². The first-order valence-corrected chi connectivity index (χ1v) is 8.30. The molecule has 3 aliphatic heterocycles. The number of aliphatic imine (C=N–C) groups is 1. The van der Waals surface area contributed by atoms with Crippen molar-refractivity contribution in [2.75, 3.05) is 26.7 Å². The quantitative estimate of drug-likeness (QED) is 0.781. The molecule has 0 aromatic rings. The summed E-state index contributed by atoms with van der Waals surface area (Å²) >= 11 is 0. The lowest BCUT2D eigenvalue weighted by Crippen LogP contribution is -2.64. The van der Waals surface area contributed by atoms with Gasteiger partial charge in [0.2, 0.25) is 0 Å². The largest absolute Gasteiger partial charge is 0.343 e. The van der Waals surface area contributed by atoms with Crippen molar-refractivity contribution in [3.8, 4) is 0 Å². The number of rotatable bonds is 4. The van der Waals surface area contributed by atoms with Gasteiger partial charge in [-0.1, -0.05) is 19.8 Å². The normalized spacial score (nSPS) is 28.1. The van der Waals surface area contributed by atoms with E-state index in [0.717, 1.165) is 57.7 Å². The summed E-state index contributed by atoms with van der Waals surface area (Å²) in [4.78, 5) is 34.8. The number of carbonyl (C=O) groups is 2. The second-order valence-corrected chi connectivity index (χ2v) is 6.29. The van der Waals surface area contributed by atoms with Gasteiger partial charge in [-0.25, -0.2) is 9.79 Å². The van der Waals surface area contributed by atoms with Crippen LogP contribution in [-0.4, -0.2) is 71.5 Å². The van der Waals surface area contributed by atoms with E-state index >= 15 is 0 Å². The number of imide groups is 1. The van der Waals surface area contributed by atoms with E-state index in [-0.39, 0.29) is 18.0 Å². The molecule has 0 aromatic carbocycles. The van der Waals surface area contributed by atoms with Gasteiger partial charge in [0.25, 0.3) is 5.91 Å². The summed E-state index contributed by atoms with van der Waals surface area (Å²) in [5.74, 6) is 0.683. The lowest BCUT2D eigenvalue weighted by atomic mass is 10.1. The monoisotopic (exact) mass is 307 g/mol. The molecular weight excluding hydrogens is 282 g/mol. The summed E-state index contributed by atoms with van der Waals surface area (Å²) in [5, 5.41) is 2.45. The Morgan fingerprint density at radius 1 is 1.23 bits per heavy atom. The summed E-state index contributed by atoms with van der Waals surface area (Å²) in [6, 6.07) is -0.735. The SMILES string of the molecule is CCCCCN1C(N2CCCC2)=NC2C1C(=O)NC(=O)N2C. The van der Waals surface area contributed by atoms with E-state index in [0.29, 0.717) is 0 Å². The van der Waals surface area contributed by atoms with Gasteiger partial charge in [-0.3, -0.25) is 10.1 Å². The predicted molar refractivity (Wildman–Crippen MR) is 83.4 cm³/mol. The number of amides is 3. The standard InChI is InChI=1S/C15H25N5O2/c1-3-4-5-10-20-11-12(18(2)15(22)17-13(11)21)16-14(20)19-8-6-7-9-19/h11-12H,3-10H2,1-2H3,(H,17,21,22). The van der Waals surface area contributed by atoms with Gasteiger partial charge in [-0.2, -0.15) is 0 Å². The van der Waals surface area contributed by atoms with E-state index < -0.39 is 6.17 Å². The van der Waals surface area contributed by atoms with Crippen LogP contribution in [0.2, 0.25) is 0 Å². The average molecular weight is 307 g/mol. The van der Waals surface area contributed by atoms with Gasteiger partial charge in [-0.15, -0.1) is 0 Å². The number of likely N-dealkylation sites (tertiary alicyclic amines) is 1. The van der Waals surface area contributed by atoms with Crippen molar-refractivity contribution >= 4 is 17.9 Å². The Kier molecular flexibility index (Phi) is 4.22. The summed E-state index contributed by atoms with van der Waals surface area (Å²) < 4.78 is 0. The Morgan fingerprint density at radius 3 is 2.64 bits per heavy atom. The number of unbranched alkanes of at least 4 members (excludes halogenated alkanes) is 2. The van der Waals surface area contributed by atoms with Gasteiger partial charge in [0, 0.05) is 26.7 Å². The van der Waals surface area contributed by atoms with E-state index in [4.69, 9.17) is 4.99 Å². The molecule has 2 unspecified atom stereocenters. The van der Waals surface area contributed by atoms with E-state index in [1.807, 2.05) is 0 Å². The minimum absolute atomic E-state index is 0.220.